The molecule has 0 radical (unpaired) electrons. The summed E-state index contributed by atoms with van der Waals surface area (Å²) in [5.74, 6) is 2.42. The molecule has 0 amide bonds. The van der Waals surface area contributed by atoms with Crippen molar-refractivity contribution in [2.75, 3.05) is 13.2 Å². The summed E-state index contributed by atoms with van der Waals surface area (Å²) in [6, 6.07) is 3.94. The van der Waals surface area contributed by atoms with Gasteiger partial charge >= 0.3 is 0 Å². The summed E-state index contributed by atoms with van der Waals surface area (Å²) in [7, 11) is 0. The maximum Gasteiger partial charge on any atom is 0.107 e. The van der Waals surface area contributed by atoms with E-state index in [0.717, 1.165) is 6.42 Å². The normalized spacial score (nSPS) is 9.25. The number of ether oxygens (including phenoxy) is 1. The van der Waals surface area contributed by atoms with Crippen LogP contribution in [-0.4, -0.2) is 18.2 Å². The zero-order valence-corrected chi connectivity index (χ0v) is 6.86. The summed E-state index contributed by atoms with van der Waals surface area (Å²) in [6.45, 7) is 1.07. The van der Waals surface area contributed by atoms with Gasteiger partial charge in [-0.3, -0.25) is 4.98 Å². The van der Waals surface area contributed by atoms with Crippen LogP contribution in [-0.2, 0) is 11.2 Å². The van der Waals surface area contributed by atoms with E-state index in [2.05, 4.69) is 10.9 Å². The minimum absolute atomic E-state index is 0.394. The third-order valence-electron chi connectivity index (χ3n) is 1.47. The average Bonchev–Trinajstić information content (AvgIpc) is 2.14. The molecule has 1 aromatic rings. The van der Waals surface area contributed by atoms with Crippen LogP contribution >= 0.6 is 0 Å². The summed E-state index contributed by atoms with van der Waals surface area (Å²) >= 11 is 0. The molecule has 1 heterocycles. The first kappa shape index (κ1) is 8.76. The lowest BCUT2D eigenvalue weighted by Gasteiger charge is -1.99. The average molecular weight is 161 g/mol. The van der Waals surface area contributed by atoms with Crippen LogP contribution in [0.4, 0.5) is 0 Å². The number of aromatic nitrogens is 1. The summed E-state index contributed by atoms with van der Waals surface area (Å²) in [5.41, 5.74) is 1.22. The summed E-state index contributed by atoms with van der Waals surface area (Å²) in [5, 5.41) is 0. The second-order valence-corrected chi connectivity index (χ2v) is 2.36. The van der Waals surface area contributed by atoms with Crippen molar-refractivity contribution < 1.29 is 4.74 Å². The van der Waals surface area contributed by atoms with E-state index in [1.165, 1.54) is 5.56 Å². The van der Waals surface area contributed by atoms with Crippen LogP contribution in [0.1, 0.15) is 5.56 Å². The minimum Gasteiger partial charge on any atom is -0.368 e. The molecule has 12 heavy (non-hydrogen) atoms. The lowest BCUT2D eigenvalue weighted by molar-refractivity contribution is 0.170. The van der Waals surface area contributed by atoms with Gasteiger partial charge in [-0.15, -0.1) is 6.42 Å². The molecule has 0 atom stereocenters. The number of hydrogen-bond acceptors (Lipinski definition) is 2. The van der Waals surface area contributed by atoms with Crippen molar-refractivity contribution in [1.29, 1.82) is 0 Å². The topological polar surface area (TPSA) is 22.1 Å². The Labute approximate surface area is 72.6 Å². The van der Waals surface area contributed by atoms with Gasteiger partial charge in [0.1, 0.15) is 6.61 Å². The van der Waals surface area contributed by atoms with Crippen LogP contribution in [0.25, 0.3) is 0 Å². The second kappa shape index (κ2) is 5.34. The second-order valence-electron chi connectivity index (χ2n) is 2.36. The molecule has 0 aromatic carbocycles. The molecule has 0 spiro atoms. The van der Waals surface area contributed by atoms with Crippen molar-refractivity contribution in [1.82, 2.24) is 4.98 Å². The van der Waals surface area contributed by atoms with Gasteiger partial charge in [0, 0.05) is 12.4 Å². The van der Waals surface area contributed by atoms with Crippen molar-refractivity contribution in [3.63, 3.8) is 0 Å². The Morgan fingerprint density at radius 1 is 1.42 bits per heavy atom. The lowest BCUT2D eigenvalue weighted by Crippen LogP contribution is -1.98. The van der Waals surface area contributed by atoms with Crippen molar-refractivity contribution in [2.24, 2.45) is 0 Å². The quantitative estimate of drug-likeness (QED) is 0.490. The van der Waals surface area contributed by atoms with Gasteiger partial charge in [-0.1, -0.05) is 5.92 Å². The molecule has 0 aliphatic rings. The molecule has 62 valence electrons. The van der Waals surface area contributed by atoms with Crippen LogP contribution < -0.4 is 0 Å². The fourth-order valence-electron chi connectivity index (χ4n) is 0.871. The fraction of sp³-hybridized carbons (Fsp3) is 0.300. The highest BCUT2D eigenvalue weighted by Crippen LogP contribution is 1.96. The Balaban J connectivity index is 2.21. The van der Waals surface area contributed by atoms with Crippen LogP contribution in [0, 0.1) is 12.3 Å². The zero-order valence-electron chi connectivity index (χ0n) is 6.86. The number of terminal acetylenes is 1. The predicted molar refractivity (Wildman–Crippen MR) is 47.6 cm³/mol. The number of rotatable bonds is 4. The highest BCUT2D eigenvalue weighted by Gasteiger charge is 1.90. The largest absolute Gasteiger partial charge is 0.368 e. The van der Waals surface area contributed by atoms with E-state index in [-0.39, 0.29) is 0 Å². The lowest BCUT2D eigenvalue weighted by atomic mass is 10.2. The monoisotopic (exact) mass is 161 g/mol. The molecule has 0 aliphatic carbocycles. The molecule has 1 rings (SSSR count). The number of nitrogens with zero attached hydrogens (tertiary/aromatic N) is 1. The summed E-state index contributed by atoms with van der Waals surface area (Å²) in [4.78, 5) is 3.92. The maximum atomic E-state index is 5.13. The van der Waals surface area contributed by atoms with Gasteiger partial charge in [0.15, 0.2) is 0 Å². The molecule has 2 nitrogen and oxygen atoms in total. The van der Waals surface area contributed by atoms with E-state index in [1.54, 1.807) is 12.4 Å². The number of hydrogen-bond donors (Lipinski definition) is 0. The van der Waals surface area contributed by atoms with Crippen LogP contribution in [0.2, 0.25) is 0 Å². The standard InChI is InChI=1S/C10H11NO/c1-2-8-12-9-5-10-3-6-11-7-4-10/h1,3-4,6-7H,5,8-9H2. The van der Waals surface area contributed by atoms with Gasteiger partial charge in [0.2, 0.25) is 0 Å². The van der Waals surface area contributed by atoms with Crippen molar-refractivity contribution in [3.05, 3.63) is 30.1 Å². The van der Waals surface area contributed by atoms with Crippen molar-refractivity contribution in [2.45, 2.75) is 6.42 Å². The fourth-order valence-corrected chi connectivity index (χ4v) is 0.871. The Morgan fingerprint density at radius 2 is 2.17 bits per heavy atom. The van der Waals surface area contributed by atoms with Gasteiger partial charge in [0.05, 0.1) is 6.61 Å². The molecule has 0 bridgehead atoms. The van der Waals surface area contributed by atoms with Gasteiger partial charge in [0.25, 0.3) is 0 Å². The van der Waals surface area contributed by atoms with E-state index < -0.39 is 0 Å². The maximum absolute atomic E-state index is 5.13. The third-order valence-corrected chi connectivity index (χ3v) is 1.47. The van der Waals surface area contributed by atoms with Gasteiger partial charge in [-0.2, -0.15) is 0 Å². The molecule has 0 unspecified atom stereocenters. The highest BCUT2D eigenvalue weighted by atomic mass is 16.5. The molecule has 0 saturated carbocycles. The molecule has 1 aromatic heterocycles. The Kier molecular flexibility index (Phi) is 3.90. The molecule has 0 fully saturated rings. The molecule has 0 aliphatic heterocycles. The Hall–Kier alpha value is -1.33. The first-order valence-corrected chi connectivity index (χ1v) is 3.83. The van der Waals surface area contributed by atoms with Crippen LogP contribution in [0.15, 0.2) is 24.5 Å². The molecular weight excluding hydrogens is 150 g/mol. The third kappa shape index (κ3) is 3.18. The Morgan fingerprint density at radius 3 is 2.83 bits per heavy atom. The van der Waals surface area contributed by atoms with Crippen molar-refractivity contribution in [3.8, 4) is 12.3 Å². The van der Waals surface area contributed by atoms with E-state index >= 15 is 0 Å². The smallest absolute Gasteiger partial charge is 0.107 e. The summed E-state index contributed by atoms with van der Waals surface area (Å²) < 4.78 is 5.13. The highest BCUT2D eigenvalue weighted by molar-refractivity contribution is 5.09. The van der Waals surface area contributed by atoms with E-state index in [0.29, 0.717) is 13.2 Å². The van der Waals surface area contributed by atoms with E-state index in [9.17, 15) is 0 Å². The summed E-state index contributed by atoms with van der Waals surface area (Å²) in [6.07, 6.45) is 9.46. The van der Waals surface area contributed by atoms with E-state index in [1.807, 2.05) is 12.1 Å². The zero-order chi connectivity index (χ0) is 8.65. The minimum atomic E-state index is 0.394. The van der Waals surface area contributed by atoms with Gasteiger partial charge in [-0.05, 0) is 24.1 Å². The van der Waals surface area contributed by atoms with Gasteiger partial charge < -0.3 is 4.74 Å². The molecule has 0 N–H and O–H groups in total. The Bertz CT molecular complexity index is 250. The van der Waals surface area contributed by atoms with Gasteiger partial charge in [-0.25, -0.2) is 0 Å². The molecule has 2 heteroatoms. The van der Waals surface area contributed by atoms with E-state index in [4.69, 9.17) is 11.2 Å². The van der Waals surface area contributed by atoms with Crippen LogP contribution in [0.3, 0.4) is 0 Å². The first-order chi connectivity index (χ1) is 5.93. The molecule has 0 saturated heterocycles. The molecular formula is C10H11NO. The predicted octanol–water partition coefficient (Wildman–Crippen LogP) is 1.27. The van der Waals surface area contributed by atoms with Crippen molar-refractivity contribution >= 4 is 0 Å². The number of pyridine rings is 1. The SMILES string of the molecule is C#CCOCCc1ccncc1. The van der Waals surface area contributed by atoms with Crippen LogP contribution in [0.5, 0.6) is 0 Å². The first-order valence-electron chi connectivity index (χ1n) is 3.83.